The maximum absolute atomic E-state index is 6.34. The number of ether oxygens (including phenoxy) is 1. The molecule has 2 heterocycles. The molecule has 118 valence electrons. The molecule has 0 radical (unpaired) electrons. The zero-order chi connectivity index (χ0) is 15.7. The van der Waals surface area contributed by atoms with E-state index in [1.807, 2.05) is 19.1 Å². The van der Waals surface area contributed by atoms with Crippen molar-refractivity contribution in [3.63, 3.8) is 0 Å². The van der Waals surface area contributed by atoms with Gasteiger partial charge >= 0.3 is 0 Å². The van der Waals surface area contributed by atoms with E-state index in [1.54, 1.807) is 0 Å². The molecule has 0 amide bonds. The minimum atomic E-state index is 0.525. The van der Waals surface area contributed by atoms with Crippen LogP contribution in [-0.2, 0) is 13.0 Å². The van der Waals surface area contributed by atoms with E-state index in [0.717, 1.165) is 37.2 Å². The Morgan fingerprint density at radius 2 is 2.05 bits per heavy atom. The molecule has 0 bridgehead atoms. The lowest BCUT2D eigenvalue weighted by Gasteiger charge is -2.22. The number of H-pyrrole nitrogens is 1. The number of fused-ring (bicyclic) bond motifs is 1. The zero-order valence-electron chi connectivity index (χ0n) is 12.7. The summed E-state index contributed by atoms with van der Waals surface area (Å²) in [4.78, 5) is 2.28. The summed E-state index contributed by atoms with van der Waals surface area (Å²) in [5, 5.41) is 8.66. The van der Waals surface area contributed by atoms with Crippen LogP contribution in [-0.4, -0.2) is 35.3 Å². The third-order valence-corrected chi connectivity index (χ3v) is 4.41. The van der Waals surface area contributed by atoms with E-state index in [4.69, 9.17) is 27.9 Å². The molecule has 0 unspecified atom stereocenters. The first kappa shape index (κ1) is 15.7. The van der Waals surface area contributed by atoms with Gasteiger partial charge in [-0.05, 0) is 25.6 Å². The number of halogens is 2. The third kappa shape index (κ3) is 2.96. The molecule has 22 heavy (non-hydrogen) atoms. The average molecular weight is 340 g/mol. The Hall–Kier alpha value is -1.23. The Bertz CT molecular complexity index is 661. The Kier molecular flexibility index (Phi) is 4.62. The molecule has 1 aliphatic rings. The first-order valence-corrected chi connectivity index (χ1v) is 8.22. The van der Waals surface area contributed by atoms with Gasteiger partial charge in [0.15, 0.2) is 5.75 Å². The molecule has 3 rings (SSSR count). The summed E-state index contributed by atoms with van der Waals surface area (Å²) in [6, 6.07) is 3.76. The van der Waals surface area contributed by atoms with Crippen LogP contribution in [0.3, 0.4) is 0 Å². The van der Waals surface area contributed by atoms with Gasteiger partial charge in [0.1, 0.15) is 0 Å². The average Bonchev–Trinajstić information content (AvgIpc) is 2.89. The number of rotatable bonds is 4. The number of hydrogen-bond acceptors (Lipinski definition) is 3. The van der Waals surface area contributed by atoms with E-state index >= 15 is 0 Å². The molecule has 0 saturated carbocycles. The summed E-state index contributed by atoms with van der Waals surface area (Å²) in [7, 11) is 2.11. The summed E-state index contributed by atoms with van der Waals surface area (Å²) >= 11 is 12.7. The summed E-state index contributed by atoms with van der Waals surface area (Å²) < 4.78 is 5.62. The summed E-state index contributed by atoms with van der Waals surface area (Å²) in [6.07, 6.45) is 1.89. The molecule has 1 N–H and O–H groups in total. The minimum Gasteiger partial charge on any atom is -0.490 e. The number of aromatic amines is 1. The van der Waals surface area contributed by atoms with Gasteiger partial charge in [-0.1, -0.05) is 30.1 Å². The van der Waals surface area contributed by atoms with Gasteiger partial charge in [0, 0.05) is 36.3 Å². The summed E-state index contributed by atoms with van der Waals surface area (Å²) in [5.41, 5.74) is 4.27. The first-order chi connectivity index (χ1) is 10.6. The van der Waals surface area contributed by atoms with Gasteiger partial charge < -0.3 is 9.64 Å². The third-order valence-electron chi connectivity index (χ3n) is 3.85. The van der Waals surface area contributed by atoms with Crippen LogP contribution in [0.5, 0.6) is 5.75 Å². The van der Waals surface area contributed by atoms with E-state index in [-0.39, 0.29) is 0 Å². The van der Waals surface area contributed by atoms with Crippen molar-refractivity contribution in [3.05, 3.63) is 33.4 Å². The molecule has 1 aromatic carbocycles. The van der Waals surface area contributed by atoms with Crippen LogP contribution in [0.2, 0.25) is 10.0 Å². The SMILES string of the molecule is CCCOc1c(Cl)cc(-c2n[nH]c3c2CN(C)CC3)cc1Cl. The smallest absolute Gasteiger partial charge is 0.156 e. The number of nitrogens with one attached hydrogen (secondary N) is 1. The highest BCUT2D eigenvalue weighted by atomic mass is 35.5. The van der Waals surface area contributed by atoms with Crippen LogP contribution in [0.15, 0.2) is 12.1 Å². The van der Waals surface area contributed by atoms with Crippen LogP contribution in [0.4, 0.5) is 0 Å². The van der Waals surface area contributed by atoms with E-state index in [1.165, 1.54) is 11.3 Å². The van der Waals surface area contributed by atoms with Gasteiger partial charge in [0.2, 0.25) is 0 Å². The number of benzene rings is 1. The van der Waals surface area contributed by atoms with Crippen molar-refractivity contribution in [2.75, 3.05) is 20.2 Å². The molecule has 4 nitrogen and oxygen atoms in total. The lowest BCUT2D eigenvalue weighted by atomic mass is 10.0. The Labute approximate surface area is 140 Å². The van der Waals surface area contributed by atoms with E-state index in [0.29, 0.717) is 22.4 Å². The maximum atomic E-state index is 6.34. The van der Waals surface area contributed by atoms with Crippen molar-refractivity contribution in [1.29, 1.82) is 0 Å². The van der Waals surface area contributed by atoms with Crippen molar-refractivity contribution in [2.45, 2.75) is 26.3 Å². The van der Waals surface area contributed by atoms with Crippen molar-refractivity contribution in [3.8, 4) is 17.0 Å². The van der Waals surface area contributed by atoms with E-state index in [9.17, 15) is 0 Å². The van der Waals surface area contributed by atoms with E-state index in [2.05, 4.69) is 22.1 Å². The molecule has 1 aromatic heterocycles. The second-order valence-corrected chi connectivity index (χ2v) is 6.45. The number of hydrogen-bond donors (Lipinski definition) is 1. The molecule has 0 fully saturated rings. The number of nitrogens with zero attached hydrogens (tertiary/aromatic N) is 2. The molecule has 2 aromatic rings. The minimum absolute atomic E-state index is 0.525. The van der Waals surface area contributed by atoms with Crippen LogP contribution < -0.4 is 4.74 Å². The molecular formula is C16H19Cl2N3O. The fourth-order valence-electron chi connectivity index (χ4n) is 2.71. The second kappa shape index (κ2) is 6.49. The van der Waals surface area contributed by atoms with E-state index < -0.39 is 0 Å². The van der Waals surface area contributed by atoms with Gasteiger partial charge in [-0.15, -0.1) is 0 Å². The van der Waals surface area contributed by atoms with Crippen LogP contribution in [0, 0.1) is 0 Å². The Morgan fingerprint density at radius 1 is 1.32 bits per heavy atom. The highest BCUT2D eigenvalue weighted by Crippen LogP contribution is 2.38. The normalized spacial score (nSPS) is 14.9. The van der Waals surface area contributed by atoms with Gasteiger partial charge in [0.05, 0.1) is 22.3 Å². The molecule has 0 spiro atoms. The van der Waals surface area contributed by atoms with Crippen molar-refractivity contribution in [1.82, 2.24) is 15.1 Å². The lowest BCUT2D eigenvalue weighted by molar-refractivity contribution is 0.312. The van der Waals surface area contributed by atoms with Gasteiger partial charge in [-0.2, -0.15) is 5.10 Å². The molecule has 0 aliphatic carbocycles. The standard InChI is InChI=1S/C16H19Cl2N3O/c1-3-6-22-16-12(17)7-10(8-13(16)18)15-11-9-21(2)5-4-14(11)19-20-15/h7-8H,3-6,9H2,1-2H3,(H,19,20). The molecule has 1 aliphatic heterocycles. The highest BCUT2D eigenvalue weighted by Gasteiger charge is 2.22. The predicted octanol–water partition coefficient (Wildman–Crippen LogP) is 4.16. The maximum Gasteiger partial charge on any atom is 0.156 e. The second-order valence-electron chi connectivity index (χ2n) is 5.63. The quantitative estimate of drug-likeness (QED) is 0.909. The van der Waals surface area contributed by atoms with Gasteiger partial charge in [-0.3, -0.25) is 5.10 Å². The van der Waals surface area contributed by atoms with Gasteiger partial charge in [0.25, 0.3) is 0 Å². The zero-order valence-corrected chi connectivity index (χ0v) is 14.3. The first-order valence-electron chi connectivity index (χ1n) is 7.47. The molecule has 0 saturated heterocycles. The summed E-state index contributed by atoms with van der Waals surface area (Å²) in [5.74, 6) is 0.551. The topological polar surface area (TPSA) is 41.1 Å². The molecule has 0 atom stereocenters. The van der Waals surface area contributed by atoms with Crippen molar-refractivity contribution < 1.29 is 4.74 Å². The largest absolute Gasteiger partial charge is 0.490 e. The van der Waals surface area contributed by atoms with Crippen LogP contribution >= 0.6 is 23.2 Å². The fraction of sp³-hybridized carbons (Fsp3) is 0.438. The number of likely N-dealkylation sites (N-methyl/N-ethyl adjacent to an activating group) is 1. The highest BCUT2D eigenvalue weighted by molar-refractivity contribution is 6.37. The van der Waals surface area contributed by atoms with Crippen LogP contribution in [0.25, 0.3) is 11.3 Å². The molecular weight excluding hydrogens is 321 g/mol. The van der Waals surface area contributed by atoms with Gasteiger partial charge in [-0.25, -0.2) is 0 Å². The monoisotopic (exact) mass is 339 g/mol. The van der Waals surface area contributed by atoms with Crippen molar-refractivity contribution in [2.24, 2.45) is 0 Å². The molecule has 6 heteroatoms. The summed E-state index contributed by atoms with van der Waals surface area (Å²) in [6.45, 7) is 4.56. The Balaban J connectivity index is 1.98. The fourth-order valence-corrected chi connectivity index (χ4v) is 3.30. The Morgan fingerprint density at radius 3 is 2.73 bits per heavy atom. The lowest BCUT2D eigenvalue weighted by Crippen LogP contribution is -2.26. The predicted molar refractivity (Wildman–Crippen MR) is 89.9 cm³/mol. The number of aromatic nitrogens is 2. The van der Waals surface area contributed by atoms with Crippen LogP contribution in [0.1, 0.15) is 24.6 Å². The van der Waals surface area contributed by atoms with Crippen molar-refractivity contribution >= 4 is 23.2 Å².